The van der Waals surface area contributed by atoms with Gasteiger partial charge < -0.3 is 24.3 Å². The number of amides is 1. The molecular formula is C21H24ClNO6. The van der Waals surface area contributed by atoms with Crippen molar-refractivity contribution in [2.24, 2.45) is 0 Å². The van der Waals surface area contributed by atoms with Crippen LogP contribution in [0.4, 0.5) is 5.69 Å². The van der Waals surface area contributed by atoms with Crippen LogP contribution in [0.3, 0.4) is 0 Å². The van der Waals surface area contributed by atoms with Crippen LogP contribution in [0.25, 0.3) is 0 Å². The first kappa shape index (κ1) is 22.4. The van der Waals surface area contributed by atoms with Crippen molar-refractivity contribution >= 4 is 29.2 Å². The second kappa shape index (κ2) is 11.2. The number of carbonyl (C=O) groups is 2. The zero-order valence-electron chi connectivity index (χ0n) is 16.6. The van der Waals surface area contributed by atoms with Crippen LogP contribution in [0.1, 0.15) is 18.4 Å². The Balaban J connectivity index is 1.68. The molecule has 156 valence electrons. The lowest BCUT2D eigenvalue weighted by Crippen LogP contribution is -2.21. The highest BCUT2D eigenvalue weighted by Crippen LogP contribution is 2.29. The smallest absolute Gasteiger partial charge is 0.306 e. The number of ether oxygens (including phenoxy) is 4. The molecule has 2 aromatic rings. The van der Waals surface area contributed by atoms with Gasteiger partial charge in [0.25, 0.3) is 5.91 Å². The van der Waals surface area contributed by atoms with Crippen LogP contribution < -0.4 is 19.5 Å². The van der Waals surface area contributed by atoms with Gasteiger partial charge in [0, 0.05) is 23.2 Å². The predicted molar refractivity (Wildman–Crippen MR) is 110 cm³/mol. The van der Waals surface area contributed by atoms with E-state index in [-0.39, 0.29) is 13.0 Å². The third-order valence-corrected chi connectivity index (χ3v) is 4.19. The summed E-state index contributed by atoms with van der Waals surface area (Å²) in [5, 5.41) is 3.28. The van der Waals surface area contributed by atoms with Gasteiger partial charge in [-0.2, -0.15) is 0 Å². The summed E-state index contributed by atoms with van der Waals surface area (Å²) in [5.74, 6) is 0.839. The molecule has 0 unspecified atom stereocenters. The van der Waals surface area contributed by atoms with Gasteiger partial charge in [0.15, 0.2) is 18.1 Å². The van der Waals surface area contributed by atoms with Gasteiger partial charge in [0.1, 0.15) is 5.75 Å². The first-order chi connectivity index (χ1) is 13.9. The summed E-state index contributed by atoms with van der Waals surface area (Å²) in [6.45, 7) is 1.88. The zero-order valence-corrected chi connectivity index (χ0v) is 17.4. The van der Waals surface area contributed by atoms with Crippen molar-refractivity contribution < 1.29 is 28.5 Å². The SMILES string of the molecule is COc1ccc(NC(=O)COC(=O)CCCOc2ccc(Cl)cc2C)cc1OC. The molecular weight excluding hydrogens is 398 g/mol. The molecule has 2 aromatic carbocycles. The van der Waals surface area contributed by atoms with Crippen LogP contribution in [0.5, 0.6) is 17.2 Å². The van der Waals surface area contributed by atoms with Crippen molar-refractivity contribution in [1.82, 2.24) is 0 Å². The number of rotatable bonds is 10. The fourth-order valence-corrected chi connectivity index (χ4v) is 2.73. The molecule has 0 aliphatic heterocycles. The Hall–Kier alpha value is -2.93. The molecule has 0 aliphatic carbocycles. The van der Waals surface area contributed by atoms with Crippen LogP contribution >= 0.6 is 11.6 Å². The molecule has 0 saturated carbocycles. The monoisotopic (exact) mass is 421 g/mol. The third-order valence-electron chi connectivity index (χ3n) is 3.95. The van der Waals surface area contributed by atoms with Crippen molar-refractivity contribution in [3.63, 3.8) is 0 Å². The topological polar surface area (TPSA) is 83.1 Å². The molecule has 8 heteroatoms. The van der Waals surface area contributed by atoms with Crippen molar-refractivity contribution in [3.05, 3.63) is 47.0 Å². The molecule has 1 amide bonds. The molecule has 0 radical (unpaired) electrons. The average Bonchev–Trinajstić information content (AvgIpc) is 2.70. The third kappa shape index (κ3) is 7.19. The summed E-state index contributed by atoms with van der Waals surface area (Å²) in [6, 6.07) is 10.3. The van der Waals surface area contributed by atoms with E-state index < -0.39 is 11.9 Å². The number of benzene rings is 2. The van der Waals surface area contributed by atoms with E-state index in [2.05, 4.69) is 5.32 Å². The average molecular weight is 422 g/mol. The molecule has 2 rings (SSSR count). The second-order valence-electron chi connectivity index (χ2n) is 6.14. The summed E-state index contributed by atoms with van der Waals surface area (Å²) in [5.41, 5.74) is 1.43. The number of esters is 1. The van der Waals surface area contributed by atoms with Gasteiger partial charge in [-0.25, -0.2) is 0 Å². The maximum absolute atomic E-state index is 12.0. The molecule has 0 heterocycles. The standard InChI is InChI=1S/C21H24ClNO6/c1-14-11-15(22)6-8-17(14)28-10-4-5-21(25)29-13-20(24)23-16-7-9-18(26-2)19(12-16)27-3/h6-9,11-12H,4-5,10,13H2,1-3H3,(H,23,24). The molecule has 0 atom stereocenters. The summed E-state index contributed by atoms with van der Waals surface area (Å²) in [6.07, 6.45) is 0.620. The molecule has 0 bridgehead atoms. The molecule has 0 saturated heterocycles. The lowest BCUT2D eigenvalue weighted by Gasteiger charge is -2.11. The fraction of sp³-hybridized carbons (Fsp3) is 0.333. The number of anilines is 1. The van der Waals surface area contributed by atoms with Crippen LogP contribution in [0.15, 0.2) is 36.4 Å². The number of nitrogens with one attached hydrogen (secondary N) is 1. The van der Waals surface area contributed by atoms with Crippen LogP contribution in [-0.4, -0.2) is 39.3 Å². The van der Waals surface area contributed by atoms with E-state index in [4.69, 9.17) is 30.5 Å². The van der Waals surface area contributed by atoms with Gasteiger partial charge in [0.2, 0.25) is 0 Å². The van der Waals surface area contributed by atoms with Crippen LogP contribution in [-0.2, 0) is 14.3 Å². The Morgan fingerprint density at radius 3 is 2.41 bits per heavy atom. The Bertz CT molecular complexity index is 855. The first-order valence-corrected chi connectivity index (χ1v) is 9.37. The molecule has 7 nitrogen and oxygen atoms in total. The van der Waals surface area contributed by atoms with Crippen molar-refractivity contribution in [1.29, 1.82) is 0 Å². The van der Waals surface area contributed by atoms with Crippen molar-refractivity contribution in [2.75, 3.05) is 32.8 Å². The maximum atomic E-state index is 12.0. The quantitative estimate of drug-likeness (QED) is 0.461. The summed E-state index contributed by atoms with van der Waals surface area (Å²) < 4.78 is 20.9. The minimum Gasteiger partial charge on any atom is -0.493 e. The van der Waals surface area contributed by atoms with Gasteiger partial charge in [-0.05, 0) is 49.2 Å². The Kier molecular flexibility index (Phi) is 8.61. The first-order valence-electron chi connectivity index (χ1n) is 8.99. The summed E-state index contributed by atoms with van der Waals surface area (Å²) in [7, 11) is 3.03. The number of methoxy groups -OCH3 is 2. The second-order valence-corrected chi connectivity index (χ2v) is 6.58. The number of aryl methyl sites for hydroxylation is 1. The highest BCUT2D eigenvalue weighted by molar-refractivity contribution is 6.30. The number of carbonyl (C=O) groups excluding carboxylic acids is 2. The lowest BCUT2D eigenvalue weighted by atomic mass is 10.2. The molecule has 29 heavy (non-hydrogen) atoms. The largest absolute Gasteiger partial charge is 0.493 e. The van der Waals surface area contributed by atoms with E-state index in [9.17, 15) is 9.59 Å². The van der Waals surface area contributed by atoms with Crippen molar-refractivity contribution in [2.45, 2.75) is 19.8 Å². The lowest BCUT2D eigenvalue weighted by molar-refractivity contribution is -0.147. The Morgan fingerprint density at radius 1 is 1.00 bits per heavy atom. The van der Waals surface area contributed by atoms with E-state index in [0.717, 1.165) is 11.3 Å². The molecule has 0 aromatic heterocycles. The van der Waals surface area contributed by atoms with Crippen LogP contribution in [0, 0.1) is 6.92 Å². The summed E-state index contributed by atoms with van der Waals surface area (Å²) in [4.78, 5) is 23.8. The van der Waals surface area contributed by atoms with E-state index in [1.54, 1.807) is 30.3 Å². The van der Waals surface area contributed by atoms with Gasteiger partial charge in [-0.15, -0.1) is 0 Å². The fourth-order valence-electron chi connectivity index (χ4n) is 2.50. The minimum absolute atomic E-state index is 0.149. The van der Waals surface area contributed by atoms with E-state index in [1.807, 2.05) is 13.0 Å². The van der Waals surface area contributed by atoms with Crippen LogP contribution in [0.2, 0.25) is 5.02 Å². The highest BCUT2D eigenvalue weighted by atomic mass is 35.5. The van der Waals surface area contributed by atoms with E-state index in [0.29, 0.717) is 35.2 Å². The molecule has 0 spiro atoms. The van der Waals surface area contributed by atoms with Gasteiger partial charge in [-0.1, -0.05) is 11.6 Å². The maximum Gasteiger partial charge on any atom is 0.306 e. The Morgan fingerprint density at radius 2 is 1.72 bits per heavy atom. The van der Waals surface area contributed by atoms with Gasteiger partial charge in [-0.3, -0.25) is 9.59 Å². The predicted octanol–water partition coefficient (Wildman–Crippen LogP) is 4.01. The van der Waals surface area contributed by atoms with Gasteiger partial charge in [0.05, 0.1) is 20.8 Å². The zero-order chi connectivity index (χ0) is 21.2. The van der Waals surface area contributed by atoms with Crippen molar-refractivity contribution in [3.8, 4) is 17.2 Å². The van der Waals surface area contributed by atoms with Gasteiger partial charge >= 0.3 is 5.97 Å². The number of halogens is 1. The number of hydrogen-bond donors (Lipinski definition) is 1. The normalized spacial score (nSPS) is 10.2. The Labute approximate surface area is 174 Å². The molecule has 1 N–H and O–H groups in total. The molecule has 0 aliphatic rings. The molecule has 0 fully saturated rings. The minimum atomic E-state index is -0.469. The number of hydrogen-bond acceptors (Lipinski definition) is 6. The van der Waals surface area contributed by atoms with E-state index >= 15 is 0 Å². The highest BCUT2D eigenvalue weighted by Gasteiger charge is 2.10. The summed E-state index contributed by atoms with van der Waals surface area (Å²) >= 11 is 5.90. The van der Waals surface area contributed by atoms with E-state index in [1.165, 1.54) is 14.2 Å².